The molecule has 3 heterocycles. The van der Waals surface area contributed by atoms with Crippen LogP contribution in [0.15, 0.2) is 29.4 Å². The first kappa shape index (κ1) is 34.9. The van der Waals surface area contributed by atoms with Gasteiger partial charge >= 0.3 is 30.9 Å². The van der Waals surface area contributed by atoms with Crippen molar-refractivity contribution in [2.75, 3.05) is 9.44 Å². The van der Waals surface area contributed by atoms with Crippen LogP contribution in [0, 0.1) is 5.41 Å². The van der Waals surface area contributed by atoms with E-state index in [9.17, 15) is 76.1 Å². The highest BCUT2D eigenvalue weighted by atomic mass is 127. The molecule has 0 amide bonds. The lowest BCUT2D eigenvalue weighted by atomic mass is 9.71. The van der Waals surface area contributed by atoms with Gasteiger partial charge in [-0.1, -0.05) is 22.6 Å². The minimum atomic E-state index is -5.82. The lowest BCUT2D eigenvalue weighted by Crippen LogP contribution is -2.57. The van der Waals surface area contributed by atoms with Gasteiger partial charge in [-0.3, -0.25) is 0 Å². The predicted molar refractivity (Wildman–Crippen MR) is 122 cm³/mol. The van der Waals surface area contributed by atoms with Crippen LogP contribution < -0.4 is 5.01 Å². The zero-order valence-corrected chi connectivity index (χ0v) is 22.3. The third-order valence-electron chi connectivity index (χ3n) is 5.98. The molecule has 3 atom stereocenters. The lowest BCUT2D eigenvalue weighted by molar-refractivity contribution is -0.238. The monoisotopic (exact) mass is 764 g/mol. The van der Waals surface area contributed by atoms with E-state index in [1.807, 2.05) is 0 Å². The summed E-state index contributed by atoms with van der Waals surface area (Å²) in [5.74, 6) is 0. The zero-order chi connectivity index (χ0) is 33.1. The Morgan fingerprint density at radius 1 is 0.721 bits per heavy atom. The van der Waals surface area contributed by atoms with Crippen molar-refractivity contribution in [3.8, 4) is 0 Å². The van der Waals surface area contributed by atoms with E-state index in [-0.39, 0.29) is 29.3 Å². The van der Waals surface area contributed by atoms with E-state index in [1.165, 1.54) is 22.6 Å². The maximum atomic E-state index is 13.9. The summed E-state index contributed by atoms with van der Waals surface area (Å²) in [5.41, 5.74) is -17.2. The molecular weight excluding hydrogens is 752 g/mol. The first-order chi connectivity index (χ1) is 19.2. The van der Waals surface area contributed by atoms with Crippen LogP contribution in [-0.2, 0) is 24.7 Å². The second-order valence-corrected chi connectivity index (χ2v) is 9.88. The van der Waals surface area contributed by atoms with Crippen LogP contribution >= 0.6 is 22.6 Å². The molecule has 2 N–H and O–H groups in total. The largest absolute Gasteiger partial charge is 0.433 e. The molecular formula is C21H12F15IN4O2. The van der Waals surface area contributed by atoms with Gasteiger partial charge in [0.05, 0.1) is 16.8 Å². The number of anilines is 1. The lowest BCUT2D eigenvalue weighted by Gasteiger charge is -2.39. The summed E-state index contributed by atoms with van der Waals surface area (Å²) in [4.78, 5) is 4.76. The normalized spacial score (nSPS) is 21.3. The number of halogens is 16. The molecule has 0 aliphatic carbocycles. The van der Waals surface area contributed by atoms with E-state index in [4.69, 9.17) is 0 Å². The van der Waals surface area contributed by atoms with Gasteiger partial charge in [0.25, 0.3) is 0 Å². The number of hydrazone groups is 1. The number of hydrogen-bond donors (Lipinski definition) is 2. The van der Waals surface area contributed by atoms with Crippen LogP contribution in [0.4, 0.5) is 71.5 Å². The molecule has 240 valence electrons. The van der Waals surface area contributed by atoms with E-state index in [2.05, 4.69) is 15.1 Å². The molecule has 0 spiro atoms. The summed E-state index contributed by atoms with van der Waals surface area (Å²) in [6, 6.07) is -0.891. The SMILES string of the molecule is OC1N(c2cc(C(F)(F)F)nc(C(F)(F)F)c2)N=C(c2cc(C(F)(F)F)nc(C(F)(F)F)c2)C1(CCI)C(O)C(F)(F)F. The van der Waals surface area contributed by atoms with Crippen molar-refractivity contribution in [2.45, 2.75) is 49.6 Å². The molecule has 0 saturated carbocycles. The minimum Gasteiger partial charge on any atom is -0.383 e. The topological polar surface area (TPSA) is 81.8 Å². The molecule has 2 aromatic heterocycles. The van der Waals surface area contributed by atoms with Gasteiger partial charge in [-0.15, -0.1) is 0 Å². The van der Waals surface area contributed by atoms with Crippen LogP contribution in [-0.4, -0.2) is 48.8 Å². The van der Waals surface area contributed by atoms with E-state index in [0.717, 1.165) is 0 Å². The van der Waals surface area contributed by atoms with Crippen molar-refractivity contribution in [3.05, 3.63) is 52.6 Å². The molecule has 43 heavy (non-hydrogen) atoms. The summed E-state index contributed by atoms with van der Waals surface area (Å²) in [7, 11) is 0. The Balaban J connectivity index is 2.48. The number of nitrogens with zero attached hydrogens (tertiary/aromatic N) is 4. The van der Waals surface area contributed by atoms with Gasteiger partial charge in [0.1, 0.15) is 22.8 Å². The van der Waals surface area contributed by atoms with E-state index >= 15 is 0 Å². The maximum Gasteiger partial charge on any atom is 0.433 e. The Labute approximate surface area is 242 Å². The molecule has 0 radical (unpaired) electrons. The Bertz CT molecular complexity index is 1320. The molecule has 22 heteroatoms. The second kappa shape index (κ2) is 11.1. The van der Waals surface area contributed by atoms with E-state index in [0.29, 0.717) is 0 Å². The summed E-state index contributed by atoms with van der Waals surface area (Å²) in [6.45, 7) is 0. The number of aliphatic hydroxyl groups is 2. The molecule has 3 rings (SSSR count). The van der Waals surface area contributed by atoms with Gasteiger partial charge in [-0.05, 0) is 30.7 Å². The Morgan fingerprint density at radius 2 is 1.09 bits per heavy atom. The van der Waals surface area contributed by atoms with Gasteiger partial charge in [0.2, 0.25) is 0 Å². The summed E-state index contributed by atoms with van der Waals surface area (Å²) >= 11 is 1.34. The van der Waals surface area contributed by atoms with Crippen molar-refractivity contribution in [3.63, 3.8) is 0 Å². The van der Waals surface area contributed by atoms with Crippen molar-refractivity contribution in [2.24, 2.45) is 10.5 Å². The number of rotatable bonds is 5. The molecule has 0 aromatic carbocycles. The van der Waals surface area contributed by atoms with Gasteiger partial charge < -0.3 is 10.2 Å². The standard InChI is InChI=1S/C21H12F15IN4O2/c22-17(23,24)9-3-7(4-10(38-9)18(25,26)27)13-16(1-2-37,14(42)21(34,35)36)15(43)41(40-13)8-5-11(19(28,29)30)39-12(6-8)20(31,32)33/h3-6,14-15,42-43H,1-2H2. The molecule has 1 aliphatic heterocycles. The van der Waals surface area contributed by atoms with Gasteiger partial charge in [0, 0.05) is 9.99 Å². The van der Waals surface area contributed by atoms with Crippen LogP contribution in [0.1, 0.15) is 34.8 Å². The third-order valence-corrected chi connectivity index (χ3v) is 6.52. The second-order valence-electron chi connectivity index (χ2n) is 8.80. The summed E-state index contributed by atoms with van der Waals surface area (Å²) in [6.07, 6.45) is -36.6. The Hall–Kier alpha value is -2.63. The highest BCUT2D eigenvalue weighted by molar-refractivity contribution is 14.1. The van der Waals surface area contributed by atoms with Crippen molar-refractivity contribution in [1.29, 1.82) is 0 Å². The van der Waals surface area contributed by atoms with Crippen LogP contribution in [0.5, 0.6) is 0 Å². The fourth-order valence-electron chi connectivity index (χ4n) is 4.12. The minimum absolute atomic E-state index is 0.214. The number of aromatic nitrogens is 2. The quantitative estimate of drug-likeness (QED) is 0.199. The average molecular weight is 764 g/mol. The van der Waals surface area contributed by atoms with Gasteiger partial charge in [0.15, 0.2) is 12.3 Å². The third kappa shape index (κ3) is 6.88. The Kier molecular flexibility index (Phi) is 8.97. The van der Waals surface area contributed by atoms with E-state index in [1.54, 1.807) is 0 Å². The number of pyridine rings is 2. The van der Waals surface area contributed by atoms with Crippen LogP contribution in [0.25, 0.3) is 0 Å². The fourth-order valence-corrected chi connectivity index (χ4v) is 5.01. The molecule has 0 bridgehead atoms. The van der Waals surface area contributed by atoms with Crippen molar-refractivity contribution >= 4 is 34.0 Å². The number of hydrogen-bond acceptors (Lipinski definition) is 6. The van der Waals surface area contributed by atoms with Crippen molar-refractivity contribution in [1.82, 2.24) is 9.97 Å². The highest BCUT2D eigenvalue weighted by Gasteiger charge is 2.64. The molecule has 2 aromatic rings. The van der Waals surface area contributed by atoms with Gasteiger partial charge in [-0.25, -0.2) is 15.0 Å². The number of alkyl halides is 16. The van der Waals surface area contributed by atoms with Gasteiger partial charge in [-0.2, -0.15) is 71.0 Å². The summed E-state index contributed by atoms with van der Waals surface area (Å²) in [5, 5.41) is 24.3. The van der Waals surface area contributed by atoms with Crippen molar-refractivity contribution < 1.29 is 76.1 Å². The molecule has 0 fully saturated rings. The maximum absolute atomic E-state index is 13.9. The first-order valence-electron chi connectivity index (χ1n) is 10.9. The fraction of sp³-hybridized carbons (Fsp3) is 0.476. The van der Waals surface area contributed by atoms with Crippen LogP contribution in [0.2, 0.25) is 0 Å². The molecule has 0 saturated heterocycles. The molecule has 6 nitrogen and oxygen atoms in total. The summed E-state index contributed by atoms with van der Waals surface area (Å²) < 4.78 is 202. The molecule has 1 aliphatic rings. The predicted octanol–water partition coefficient (Wildman–Crippen LogP) is 6.83. The smallest absolute Gasteiger partial charge is 0.383 e. The first-order valence-corrected chi connectivity index (χ1v) is 12.5. The number of aliphatic hydroxyl groups excluding tert-OH is 2. The zero-order valence-electron chi connectivity index (χ0n) is 20.1. The van der Waals surface area contributed by atoms with E-state index < -0.39 is 99.2 Å². The average Bonchev–Trinajstić information content (AvgIpc) is 3.13. The van der Waals surface area contributed by atoms with Crippen LogP contribution in [0.3, 0.4) is 0 Å². The highest BCUT2D eigenvalue weighted by Crippen LogP contribution is 2.50. The molecule has 3 unspecified atom stereocenters. The Morgan fingerprint density at radius 3 is 1.42 bits per heavy atom.